The van der Waals surface area contributed by atoms with Gasteiger partial charge in [-0.25, -0.2) is 4.79 Å². The summed E-state index contributed by atoms with van der Waals surface area (Å²) in [5.74, 6) is -1.38. The van der Waals surface area contributed by atoms with Gasteiger partial charge in [0.25, 0.3) is 0 Å². The smallest absolute Gasteiger partial charge is 0.326 e. The minimum Gasteiger partial charge on any atom is -0.480 e. The maximum Gasteiger partial charge on any atom is 0.326 e. The quantitative estimate of drug-likeness (QED) is 0.667. The first-order valence-electron chi connectivity index (χ1n) is 7.83. The van der Waals surface area contributed by atoms with Crippen LogP contribution in [0.2, 0.25) is 0 Å². The fourth-order valence-electron chi connectivity index (χ4n) is 2.74. The second-order valence-corrected chi connectivity index (χ2v) is 6.71. The molecule has 0 spiro atoms. The molecule has 0 aliphatic carbocycles. The summed E-state index contributed by atoms with van der Waals surface area (Å²) in [6.07, 6.45) is 2.07. The number of benzene rings is 2. The van der Waals surface area contributed by atoms with Crippen molar-refractivity contribution in [2.24, 2.45) is 0 Å². The summed E-state index contributed by atoms with van der Waals surface area (Å²) < 4.78 is 2.73. The Morgan fingerprint density at radius 1 is 1.12 bits per heavy atom. The van der Waals surface area contributed by atoms with Crippen molar-refractivity contribution in [3.8, 4) is 0 Å². The Hall–Kier alpha value is -2.60. The van der Waals surface area contributed by atoms with Gasteiger partial charge in [0, 0.05) is 22.6 Å². The van der Waals surface area contributed by atoms with Gasteiger partial charge < -0.3 is 15.0 Å². The summed E-state index contributed by atoms with van der Waals surface area (Å²) in [5, 5.41) is 13.0. The number of carboxylic acid groups (broad SMARTS) is 1. The Morgan fingerprint density at radius 2 is 1.88 bits per heavy atom. The summed E-state index contributed by atoms with van der Waals surface area (Å²) in [4.78, 5) is 23.8. The number of carbonyl (C=O) groups is 2. The molecule has 0 aliphatic rings. The van der Waals surface area contributed by atoms with E-state index in [-0.39, 0.29) is 18.9 Å². The highest BCUT2D eigenvalue weighted by Crippen LogP contribution is 2.20. The van der Waals surface area contributed by atoms with Gasteiger partial charge in [-0.3, -0.25) is 4.79 Å². The van der Waals surface area contributed by atoms with Gasteiger partial charge in [0.05, 0.1) is 0 Å². The molecule has 2 N–H and O–H groups in total. The fraction of sp³-hybridized carbons (Fsp3) is 0.158. The summed E-state index contributed by atoms with van der Waals surface area (Å²) in [7, 11) is 0. The van der Waals surface area contributed by atoms with Crippen LogP contribution >= 0.6 is 15.9 Å². The molecule has 0 fully saturated rings. The number of nitrogens with zero attached hydrogens (tertiary/aromatic N) is 1. The second kappa shape index (κ2) is 7.53. The predicted octanol–water partition coefficient (Wildman–Crippen LogP) is 3.22. The highest BCUT2D eigenvalue weighted by Gasteiger charge is 2.20. The molecule has 25 heavy (non-hydrogen) atoms. The van der Waals surface area contributed by atoms with E-state index in [1.807, 2.05) is 60.8 Å². The minimum atomic E-state index is -1.04. The number of rotatable bonds is 6. The lowest BCUT2D eigenvalue weighted by Crippen LogP contribution is -2.43. The number of fused-ring (bicyclic) bond motifs is 1. The number of nitrogens with one attached hydrogen (secondary N) is 1. The van der Waals surface area contributed by atoms with Crippen LogP contribution in [0.4, 0.5) is 0 Å². The monoisotopic (exact) mass is 400 g/mol. The molecule has 1 atom stereocenters. The normalized spacial score (nSPS) is 12.0. The van der Waals surface area contributed by atoms with E-state index in [0.717, 1.165) is 20.9 Å². The fourth-order valence-corrected chi connectivity index (χ4v) is 3.09. The summed E-state index contributed by atoms with van der Waals surface area (Å²) in [6.45, 7) is 0.0680. The molecule has 3 aromatic rings. The van der Waals surface area contributed by atoms with Gasteiger partial charge in [0.1, 0.15) is 12.6 Å². The first-order chi connectivity index (χ1) is 12.0. The van der Waals surface area contributed by atoms with Gasteiger partial charge in [-0.1, -0.05) is 52.3 Å². The van der Waals surface area contributed by atoms with E-state index < -0.39 is 12.0 Å². The van der Waals surface area contributed by atoms with Gasteiger partial charge in [-0.15, -0.1) is 0 Å². The number of aromatic nitrogens is 1. The van der Waals surface area contributed by atoms with Crippen LogP contribution in [0, 0.1) is 0 Å². The maximum absolute atomic E-state index is 12.3. The number of carbonyl (C=O) groups excluding carboxylic acids is 1. The van der Waals surface area contributed by atoms with Gasteiger partial charge >= 0.3 is 5.97 Å². The molecule has 1 heterocycles. The molecule has 0 saturated carbocycles. The van der Waals surface area contributed by atoms with Crippen LogP contribution in [0.3, 0.4) is 0 Å². The first kappa shape index (κ1) is 17.2. The number of hydrogen-bond donors (Lipinski definition) is 2. The molecule has 0 bridgehead atoms. The average Bonchev–Trinajstić information content (AvgIpc) is 2.97. The number of hydrogen-bond acceptors (Lipinski definition) is 2. The van der Waals surface area contributed by atoms with Gasteiger partial charge in [-0.05, 0) is 29.1 Å². The average molecular weight is 401 g/mol. The molecular formula is C19H17BrN2O3. The zero-order chi connectivity index (χ0) is 17.8. The van der Waals surface area contributed by atoms with Crippen LogP contribution in [-0.4, -0.2) is 27.6 Å². The number of halogens is 1. The van der Waals surface area contributed by atoms with Crippen LogP contribution in [0.1, 0.15) is 5.56 Å². The Bertz CT molecular complexity index is 905. The first-order valence-corrected chi connectivity index (χ1v) is 8.63. The highest BCUT2D eigenvalue weighted by molar-refractivity contribution is 9.10. The SMILES string of the molecule is O=C(Cn1ccc2ccc(Br)cc21)N[C@H](Cc1ccccc1)C(=O)O. The van der Waals surface area contributed by atoms with Crippen LogP contribution in [-0.2, 0) is 22.6 Å². The summed E-state index contributed by atoms with van der Waals surface area (Å²) in [6, 6.07) is 16.1. The minimum absolute atomic E-state index is 0.0680. The third-order valence-corrected chi connectivity index (χ3v) is 4.46. The number of carboxylic acids is 1. The standard InChI is InChI=1S/C19H17BrN2O3/c20-15-7-6-14-8-9-22(17(14)11-15)12-18(23)21-16(19(24)25)10-13-4-2-1-3-5-13/h1-9,11,16H,10,12H2,(H,21,23)(H,24,25)/t16-/m1/s1. The lowest BCUT2D eigenvalue weighted by molar-refractivity contribution is -0.141. The van der Waals surface area contributed by atoms with Gasteiger partial charge in [0.2, 0.25) is 5.91 Å². The molecule has 3 rings (SSSR count). The number of amides is 1. The van der Waals surface area contributed by atoms with Crippen LogP contribution in [0.5, 0.6) is 0 Å². The Balaban J connectivity index is 1.71. The molecule has 1 aromatic heterocycles. The van der Waals surface area contributed by atoms with Crippen molar-refractivity contribution in [3.05, 3.63) is 70.8 Å². The van der Waals surface area contributed by atoms with E-state index in [1.54, 1.807) is 4.57 Å². The lowest BCUT2D eigenvalue weighted by atomic mass is 10.1. The summed E-state index contributed by atoms with van der Waals surface area (Å²) in [5.41, 5.74) is 1.78. The summed E-state index contributed by atoms with van der Waals surface area (Å²) >= 11 is 3.42. The van der Waals surface area contributed by atoms with Crippen LogP contribution < -0.4 is 5.32 Å². The highest BCUT2D eigenvalue weighted by atomic mass is 79.9. The second-order valence-electron chi connectivity index (χ2n) is 5.79. The zero-order valence-corrected chi connectivity index (χ0v) is 14.9. The molecule has 0 radical (unpaired) electrons. The van der Waals surface area contributed by atoms with E-state index in [2.05, 4.69) is 21.2 Å². The molecule has 6 heteroatoms. The topological polar surface area (TPSA) is 71.3 Å². The molecule has 0 aliphatic heterocycles. The van der Waals surface area contributed by atoms with Gasteiger partial charge in [0.15, 0.2) is 0 Å². The maximum atomic E-state index is 12.3. The molecule has 0 saturated heterocycles. The van der Waals surface area contributed by atoms with Crippen molar-refractivity contribution in [2.75, 3.05) is 0 Å². The Labute approximate surface area is 153 Å². The van der Waals surface area contributed by atoms with E-state index >= 15 is 0 Å². The van der Waals surface area contributed by atoms with Crippen LogP contribution in [0.15, 0.2) is 65.3 Å². The number of aliphatic carboxylic acids is 1. The van der Waals surface area contributed by atoms with Gasteiger partial charge in [-0.2, -0.15) is 0 Å². The molecule has 0 unspecified atom stereocenters. The lowest BCUT2D eigenvalue weighted by Gasteiger charge is -2.15. The molecule has 128 valence electrons. The third-order valence-electron chi connectivity index (χ3n) is 3.97. The van der Waals surface area contributed by atoms with E-state index in [4.69, 9.17) is 0 Å². The molecule has 1 amide bonds. The van der Waals surface area contributed by atoms with Crippen molar-refractivity contribution in [3.63, 3.8) is 0 Å². The van der Waals surface area contributed by atoms with E-state index in [9.17, 15) is 14.7 Å². The van der Waals surface area contributed by atoms with Crippen molar-refractivity contribution in [1.29, 1.82) is 0 Å². The molecule has 5 nitrogen and oxygen atoms in total. The van der Waals surface area contributed by atoms with E-state index in [0.29, 0.717) is 0 Å². The van der Waals surface area contributed by atoms with Crippen molar-refractivity contribution >= 4 is 38.7 Å². The van der Waals surface area contributed by atoms with Crippen LogP contribution in [0.25, 0.3) is 10.9 Å². The van der Waals surface area contributed by atoms with Crippen molar-refractivity contribution in [1.82, 2.24) is 9.88 Å². The molecule has 2 aromatic carbocycles. The van der Waals surface area contributed by atoms with E-state index in [1.165, 1.54) is 0 Å². The Morgan fingerprint density at radius 3 is 2.60 bits per heavy atom. The predicted molar refractivity (Wildman–Crippen MR) is 99.4 cm³/mol. The third kappa shape index (κ3) is 4.28. The molecular weight excluding hydrogens is 384 g/mol. The van der Waals surface area contributed by atoms with Crippen molar-refractivity contribution < 1.29 is 14.7 Å². The Kier molecular flexibility index (Phi) is 5.19. The zero-order valence-electron chi connectivity index (χ0n) is 13.4. The largest absolute Gasteiger partial charge is 0.480 e. The van der Waals surface area contributed by atoms with Crippen molar-refractivity contribution in [2.45, 2.75) is 19.0 Å².